The average molecular weight is 307 g/mol. The molecule has 1 saturated heterocycles. The fourth-order valence-corrected chi connectivity index (χ4v) is 2.55. The molecule has 0 aromatic heterocycles. The van der Waals surface area contributed by atoms with E-state index in [1.165, 1.54) is 0 Å². The summed E-state index contributed by atoms with van der Waals surface area (Å²) in [6.07, 6.45) is 3.07. The van der Waals surface area contributed by atoms with Crippen molar-refractivity contribution in [2.24, 2.45) is 11.7 Å². The molecule has 3 amide bonds. The Morgan fingerprint density at radius 3 is 2.70 bits per heavy atom. The number of halogens is 1. The van der Waals surface area contributed by atoms with Crippen LogP contribution in [-0.4, -0.2) is 49.1 Å². The zero-order valence-electron chi connectivity index (χ0n) is 12.4. The van der Waals surface area contributed by atoms with Crippen molar-refractivity contribution in [1.82, 2.24) is 15.5 Å². The van der Waals surface area contributed by atoms with Crippen molar-refractivity contribution in [1.29, 1.82) is 0 Å². The second-order valence-corrected chi connectivity index (χ2v) is 5.20. The fraction of sp³-hybridized carbons (Fsp3) is 0.846. The lowest BCUT2D eigenvalue weighted by Gasteiger charge is -2.38. The van der Waals surface area contributed by atoms with Crippen molar-refractivity contribution < 1.29 is 9.59 Å². The van der Waals surface area contributed by atoms with E-state index in [2.05, 4.69) is 22.5 Å². The maximum Gasteiger partial charge on any atom is 0.321 e. The van der Waals surface area contributed by atoms with Crippen molar-refractivity contribution in [2.45, 2.75) is 39.2 Å². The van der Waals surface area contributed by atoms with Crippen LogP contribution in [0.15, 0.2) is 0 Å². The molecule has 1 aliphatic heterocycles. The molecule has 1 fully saturated rings. The molecule has 1 aliphatic rings. The summed E-state index contributed by atoms with van der Waals surface area (Å²) in [7, 11) is 0. The molecule has 0 radical (unpaired) electrons. The number of piperidine rings is 1. The van der Waals surface area contributed by atoms with Crippen LogP contribution in [0.4, 0.5) is 4.79 Å². The van der Waals surface area contributed by atoms with Crippen molar-refractivity contribution in [3.63, 3.8) is 0 Å². The summed E-state index contributed by atoms with van der Waals surface area (Å²) in [5.74, 6) is 0.238. The van der Waals surface area contributed by atoms with Crippen molar-refractivity contribution in [3.05, 3.63) is 0 Å². The van der Waals surface area contributed by atoms with E-state index in [-0.39, 0.29) is 30.9 Å². The number of nitrogens with zero attached hydrogens (tertiary/aromatic N) is 1. The number of carbonyl (C=O) groups excluding carboxylic acids is 2. The highest BCUT2D eigenvalue weighted by Gasteiger charge is 2.28. The van der Waals surface area contributed by atoms with Gasteiger partial charge in [0.15, 0.2) is 0 Å². The number of urea groups is 1. The van der Waals surface area contributed by atoms with Crippen LogP contribution in [0, 0.1) is 5.92 Å². The summed E-state index contributed by atoms with van der Waals surface area (Å²) in [4.78, 5) is 25.3. The summed E-state index contributed by atoms with van der Waals surface area (Å²) in [6, 6.07) is -0.181. The quantitative estimate of drug-likeness (QED) is 0.698. The monoisotopic (exact) mass is 306 g/mol. The Labute approximate surface area is 127 Å². The minimum absolute atomic E-state index is 0. The van der Waals surface area contributed by atoms with Gasteiger partial charge in [-0.05, 0) is 31.7 Å². The van der Waals surface area contributed by atoms with Gasteiger partial charge in [-0.3, -0.25) is 15.0 Å². The first-order chi connectivity index (χ1) is 9.08. The van der Waals surface area contributed by atoms with Crippen LogP contribution in [-0.2, 0) is 4.79 Å². The molecule has 0 bridgehead atoms. The van der Waals surface area contributed by atoms with E-state index < -0.39 is 6.03 Å². The highest BCUT2D eigenvalue weighted by Crippen LogP contribution is 2.21. The second kappa shape index (κ2) is 9.96. The molecule has 0 aromatic carbocycles. The first kappa shape index (κ1) is 19.1. The molecule has 0 aromatic rings. The Hall–Kier alpha value is -0.850. The van der Waals surface area contributed by atoms with Gasteiger partial charge in [0.1, 0.15) is 0 Å². The van der Waals surface area contributed by atoms with Gasteiger partial charge in [-0.2, -0.15) is 0 Å². The van der Waals surface area contributed by atoms with E-state index in [1.807, 2.05) is 6.92 Å². The van der Waals surface area contributed by atoms with Crippen molar-refractivity contribution in [3.8, 4) is 0 Å². The van der Waals surface area contributed by atoms with Crippen LogP contribution in [0.5, 0.6) is 0 Å². The Balaban J connectivity index is 0.00000361. The van der Waals surface area contributed by atoms with Gasteiger partial charge in [-0.15, -0.1) is 12.4 Å². The summed E-state index contributed by atoms with van der Waals surface area (Å²) < 4.78 is 0. The fourth-order valence-electron chi connectivity index (χ4n) is 2.55. The van der Waals surface area contributed by atoms with Crippen molar-refractivity contribution >= 4 is 24.3 Å². The molecule has 118 valence electrons. The number of nitrogens with two attached hydrogens (primary N) is 1. The van der Waals surface area contributed by atoms with Gasteiger partial charge >= 0.3 is 6.03 Å². The molecule has 6 nitrogen and oxygen atoms in total. The van der Waals surface area contributed by atoms with Crippen LogP contribution in [0.2, 0.25) is 0 Å². The highest BCUT2D eigenvalue weighted by atomic mass is 35.5. The predicted octanol–water partition coefficient (Wildman–Crippen LogP) is 0.703. The third kappa shape index (κ3) is 6.07. The van der Waals surface area contributed by atoms with E-state index in [4.69, 9.17) is 5.73 Å². The lowest BCUT2D eigenvalue weighted by Crippen LogP contribution is -2.53. The molecule has 4 N–H and O–H groups in total. The van der Waals surface area contributed by atoms with Crippen LogP contribution in [0.25, 0.3) is 0 Å². The molecular weight excluding hydrogens is 280 g/mol. The van der Waals surface area contributed by atoms with Gasteiger partial charge < -0.3 is 11.1 Å². The van der Waals surface area contributed by atoms with Gasteiger partial charge in [0, 0.05) is 19.1 Å². The smallest absolute Gasteiger partial charge is 0.321 e. The SMILES string of the molecule is CCCNC(=O)NC(=O)CN1CCCC(C)C1CN.Cl. The summed E-state index contributed by atoms with van der Waals surface area (Å²) in [5.41, 5.74) is 5.77. The van der Waals surface area contributed by atoms with Gasteiger partial charge in [-0.1, -0.05) is 13.8 Å². The maximum absolute atomic E-state index is 11.8. The third-order valence-corrected chi connectivity index (χ3v) is 3.61. The number of nitrogens with one attached hydrogen (secondary N) is 2. The molecule has 0 spiro atoms. The third-order valence-electron chi connectivity index (χ3n) is 3.61. The van der Waals surface area contributed by atoms with E-state index in [0.717, 1.165) is 25.8 Å². The number of carbonyl (C=O) groups is 2. The van der Waals surface area contributed by atoms with Gasteiger partial charge in [0.05, 0.1) is 6.54 Å². The Morgan fingerprint density at radius 1 is 1.40 bits per heavy atom. The van der Waals surface area contributed by atoms with Crippen LogP contribution < -0.4 is 16.4 Å². The van der Waals surface area contributed by atoms with E-state index in [0.29, 0.717) is 19.0 Å². The first-order valence-electron chi connectivity index (χ1n) is 7.10. The molecule has 2 unspecified atom stereocenters. The standard InChI is InChI=1S/C13H26N4O2.ClH/c1-3-6-15-13(19)16-12(18)9-17-7-4-5-10(2)11(17)8-14;/h10-11H,3-9,14H2,1-2H3,(H2,15,16,18,19);1H. The molecule has 7 heteroatoms. The zero-order valence-corrected chi connectivity index (χ0v) is 13.2. The lowest BCUT2D eigenvalue weighted by molar-refractivity contribution is -0.122. The molecule has 0 saturated carbocycles. The maximum atomic E-state index is 11.8. The normalized spacial score (nSPS) is 22.8. The van der Waals surface area contributed by atoms with Gasteiger partial charge in [0.2, 0.25) is 5.91 Å². The Morgan fingerprint density at radius 2 is 2.10 bits per heavy atom. The topological polar surface area (TPSA) is 87.5 Å². The van der Waals surface area contributed by atoms with E-state index in [1.54, 1.807) is 0 Å². The molecule has 1 heterocycles. The molecule has 1 rings (SSSR count). The lowest BCUT2D eigenvalue weighted by atomic mass is 9.91. The number of hydrogen-bond donors (Lipinski definition) is 3. The number of imide groups is 1. The molecule has 0 aliphatic carbocycles. The average Bonchev–Trinajstić information content (AvgIpc) is 2.36. The Kier molecular flexibility index (Phi) is 9.54. The van der Waals surface area contributed by atoms with Crippen LogP contribution in [0.3, 0.4) is 0 Å². The minimum Gasteiger partial charge on any atom is -0.338 e. The zero-order chi connectivity index (χ0) is 14.3. The summed E-state index contributed by atoms with van der Waals surface area (Å²) in [5, 5.41) is 4.97. The van der Waals surface area contributed by atoms with Gasteiger partial charge in [-0.25, -0.2) is 4.79 Å². The van der Waals surface area contributed by atoms with E-state index >= 15 is 0 Å². The van der Waals surface area contributed by atoms with Crippen LogP contribution >= 0.6 is 12.4 Å². The first-order valence-corrected chi connectivity index (χ1v) is 7.10. The highest BCUT2D eigenvalue weighted by molar-refractivity contribution is 5.95. The Bertz CT molecular complexity index is 315. The van der Waals surface area contributed by atoms with E-state index in [9.17, 15) is 9.59 Å². The molecule has 2 atom stereocenters. The minimum atomic E-state index is -0.416. The number of hydrogen-bond acceptors (Lipinski definition) is 4. The number of rotatable bonds is 5. The summed E-state index contributed by atoms with van der Waals surface area (Å²) >= 11 is 0. The predicted molar refractivity (Wildman–Crippen MR) is 81.9 cm³/mol. The van der Waals surface area contributed by atoms with Crippen LogP contribution in [0.1, 0.15) is 33.1 Å². The largest absolute Gasteiger partial charge is 0.338 e. The number of likely N-dealkylation sites (tertiary alicyclic amines) is 1. The number of amides is 3. The van der Waals surface area contributed by atoms with Gasteiger partial charge in [0.25, 0.3) is 0 Å². The molecular formula is C13H27ClN4O2. The second-order valence-electron chi connectivity index (χ2n) is 5.20. The summed E-state index contributed by atoms with van der Waals surface area (Å²) in [6.45, 7) is 6.36. The van der Waals surface area contributed by atoms with Crippen molar-refractivity contribution in [2.75, 3.05) is 26.2 Å². The molecule has 20 heavy (non-hydrogen) atoms.